The van der Waals surface area contributed by atoms with Gasteiger partial charge in [0.25, 0.3) is 0 Å². The van der Waals surface area contributed by atoms with Crippen molar-refractivity contribution in [1.82, 2.24) is 0 Å². The van der Waals surface area contributed by atoms with E-state index < -0.39 is 6.09 Å². The molecule has 270 valence electrons. The van der Waals surface area contributed by atoms with Crippen LogP contribution >= 0.6 is 11.8 Å². The Balaban J connectivity index is 1.18. The first-order chi connectivity index (χ1) is 24.3. The molecule has 2 N–H and O–H groups in total. The highest BCUT2D eigenvalue weighted by atomic mass is 32.2. The third-order valence-electron chi connectivity index (χ3n) is 8.85. The molecule has 0 radical (unpaired) electrons. The number of esters is 1. The van der Waals surface area contributed by atoms with E-state index in [0.717, 1.165) is 63.8 Å². The van der Waals surface area contributed by atoms with Gasteiger partial charge in [-0.25, -0.2) is 15.5 Å². The maximum Gasteiger partial charge on any atom is 0.419 e. The Morgan fingerprint density at radius 2 is 1.30 bits per heavy atom. The third kappa shape index (κ3) is 12.1. The van der Waals surface area contributed by atoms with Crippen molar-refractivity contribution in [3.8, 4) is 5.75 Å². The molecule has 0 aromatic heterocycles. The molecule has 1 heterocycles. The summed E-state index contributed by atoms with van der Waals surface area (Å²) < 4.78 is 11.4. The van der Waals surface area contributed by atoms with Crippen molar-refractivity contribution < 1.29 is 19.1 Å². The van der Waals surface area contributed by atoms with Gasteiger partial charge in [0.15, 0.2) is 0 Å². The van der Waals surface area contributed by atoms with Gasteiger partial charge in [0.05, 0.1) is 17.1 Å². The molecule has 0 fully saturated rings. The number of fused-ring (bicyclic) bond motifs is 2. The number of unbranched alkanes of at least 4 members (excludes halogenated alkanes) is 11. The highest BCUT2D eigenvalue weighted by molar-refractivity contribution is 7.99. The van der Waals surface area contributed by atoms with E-state index >= 15 is 0 Å². The van der Waals surface area contributed by atoms with Gasteiger partial charge < -0.3 is 19.4 Å². The van der Waals surface area contributed by atoms with Gasteiger partial charge in [-0.05, 0) is 86.2 Å². The quantitative estimate of drug-likeness (QED) is 0.0311. The first-order valence-corrected chi connectivity index (χ1v) is 19.1. The Labute approximate surface area is 304 Å². The molecular formula is C41H56N4O4S. The molecule has 8 nitrogen and oxygen atoms in total. The topological polar surface area (TPSA) is 88.3 Å². The Bertz CT molecular complexity index is 1480. The standard InChI is InChI=1S/C41H56N4O4S/c1-5-6-7-8-9-10-11-12-13-14-15-16-17-18-19-20-40(46)49-35-25-21-32(22-26-35)31-48-41(47)45-36-27-23-33(43(2)3)29-38(36)50-39-30-34(44(4)42)24-28-37(39)45/h12-13,21-30H,5-11,14-20,31,42H2,1-4H3/b13-12-. The second-order valence-corrected chi connectivity index (χ2v) is 14.3. The van der Waals surface area contributed by atoms with Crippen LogP contribution in [0.3, 0.4) is 0 Å². The zero-order chi connectivity index (χ0) is 35.7. The van der Waals surface area contributed by atoms with Gasteiger partial charge in [-0.1, -0.05) is 94.3 Å². The lowest BCUT2D eigenvalue weighted by molar-refractivity contribution is -0.134. The fraction of sp³-hybridized carbons (Fsp3) is 0.463. The Morgan fingerprint density at radius 1 is 0.740 bits per heavy atom. The van der Waals surface area contributed by atoms with Crippen LogP contribution in [0.4, 0.5) is 27.5 Å². The molecule has 0 aliphatic carbocycles. The van der Waals surface area contributed by atoms with Crippen molar-refractivity contribution >= 4 is 46.6 Å². The van der Waals surface area contributed by atoms with E-state index in [0.29, 0.717) is 12.2 Å². The first-order valence-electron chi connectivity index (χ1n) is 18.3. The van der Waals surface area contributed by atoms with Crippen molar-refractivity contribution in [3.05, 3.63) is 78.4 Å². The molecule has 0 unspecified atom stereocenters. The van der Waals surface area contributed by atoms with Crippen LogP contribution in [0, 0.1) is 0 Å². The van der Waals surface area contributed by atoms with Crippen LogP contribution in [-0.4, -0.2) is 33.2 Å². The van der Waals surface area contributed by atoms with Crippen LogP contribution in [0.25, 0.3) is 0 Å². The number of allylic oxidation sites excluding steroid dienone is 2. The van der Waals surface area contributed by atoms with Gasteiger partial charge in [0.2, 0.25) is 0 Å². The summed E-state index contributed by atoms with van der Waals surface area (Å²) in [5, 5.41) is 1.55. The van der Waals surface area contributed by atoms with Crippen molar-refractivity contribution in [2.24, 2.45) is 5.84 Å². The summed E-state index contributed by atoms with van der Waals surface area (Å²) in [4.78, 5) is 31.5. The van der Waals surface area contributed by atoms with Gasteiger partial charge in [-0.3, -0.25) is 4.79 Å². The summed E-state index contributed by atoms with van der Waals surface area (Å²) in [6.45, 7) is 2.34. The largest absolute Gasteiger partial charge is 0.444 e. The molecule has 0 spiro atoms. The molecule has 9 heteroatoms. The van der Waals surface area contributed by atoms with E-state index in [2.05, 4.69) is 25.1 Å². The van der Waals surface area contributed by atoms with E-state index in [1.807, 2.05) is 61.5 Å². The highest BCUT2D eigenvalue weighted by Gasteiger charge is 2.30. The average Bonchev–Trinajstić information content (AvgIpc) is 3.11. The minimum atomic E-state index is -0.477. The Hall–Kier alpha value is -3.95. The minimum absolute atomic E-state index is 0.0791. The van der Waals surface area contributed by atoms with E-state index in [-0.39, 0.29) is 12.6 Å². The monoisotopic (exact) mass is 700 g/mol. The number of nitrogens with zero attached hydrogens (tertiary/aromatic N) is 3. The van der Waals surface area contributed by atoms with E-state index in [1.54, 1.807) is 40.9 Å². The number of hydrazine groups is 1. The van der Waals surface area contributed by atoms with Gasteiger partial charge in [-0.15, -0.1) is 0 Å². The molecule has 0 bridgehead atoms. The molecule has 1 aliphatic rings. The number of anilines is 4. The van der Waals surface area contributed by atoms with E-state index in [1.165, 1.54) is 57.8 Å². The summed E-state index contributed by atoms with van der Waals surface area (Å²) in [7, 11) is 5.76. The molecule has 3 aromatic carbocycles. The lowest BCUT2D eigenvalue weighted by Crippen LogP contribution is -2.30. The Kier molecular flexibility index (Phi) is 16.0. The second kappa shape index (κ2) is 20.7. The summed E-state index contributed by atoms with van der Waals surface area (Å²) in [6, 6.07) is 18.9. The normalized spacial score (nSPS) is 12.1. The number of hydrogen-bond donors (Lipinski definition) is 1. The third-order valence-corrected chi connectivity index (χ3v) is 9.95. The van der Waals surface area contributed by atoms with Crippen LogP contribution < -0.4 is 25.4 Å². The fourth-order valence-corrected chi connectivity index (χ4v) is 6.99. The van der Waals surface area contributed by atoms with Crippen molar-refractivity contribution in [1.29, 1.82) is 0 Å². The van der Waals surface area contributed by atoms with Crippen molar-refractivity contribution in [2.45, 2.75) is 113 Å². The van der Waals surface area contributed by atoms with Gasteiger partial charge in [0.1, 0.15) is 12.4 Å². The predicted molar refractivity (Wildman–Crippen MR) is 208 cm³/mol. The fourth-order valence-electron chi connectivity index (χ4n) is 5.87. The number of benzene rings is 3. The number of ether oxygens (including phenoxy) is 2. The maximum absolute atomic E-state index is 13.6. The summed E-state index contributed by atoms with van der Waals surface area (Å²) >= 11 is 1.60. The van der Waals surface area contributed by atoms with Gasteiger partial charge in [-0.2, -0.15) is 0 Å². The maximum atomic E-state index is 13.6. The summed E-state index contributed by atoms with van der Waals surface area (Å²) in [5.41, 5.74) is 4.17. The predicted octanol–water partition coefficient (Wildman–Crippen LogP) is 10.9. The molecular weight excluding hydrogens is 645 g/mol. The smallest absolute Gasteiger partial charge is 0.419 e. The number of rotatable bonds is 20. The second-order valence-electron chi connectivity index (χ2n) is 13.3. The summed E-state index contributed by atoms with van der Waals surface area (Å²) in [5.74, 6) is 6.27. The molecule has 0 saturated carbocycles. The van der Waals surface area contributed by atoms with Gasteiger partial charge in [0, 0.05) is 43.0 Å². The van der Waals surface area contributed by atoms with Crippen LogP contribution in [0.1, 0.15) is 102 Å². The summed E-state index contributed by atoms with van der Waals surface area (Å²) in [6.07, 6.45) is 20.5. The lowest BCUT2D eigenvalue weighted by Gasteiger charge is -2.31. The molecule has 1 aliphatic heterocycles. The highest BCUT2D eigenvalue weighted by Crippen LogP contribution is 2.50. The number of hydrogen-bond acceptors (Lipinski definition) is 8. The van der Waals surface area contributed by atoms with Crippen LogP contribution in [0.2, 0.25) is 0 Å². The SMILES string of the molecule is CCCCCCCC/C=C\CCCCCCCC(=O)Oc1ccc(COC(=O)N2c3ccc(N(C)C)cc3Sc3cc(N(C)N)ccc32)cc1. The molecule has 0 atom stereocenters. The number of nitrogens with two attached hydrogens (primary N) is 1. The number of carbonyl (C=O) groups is 2. The number of carbonyl (C=O) groups excluding carboxylic acids is 2. The van der Waals surface area contributed by atoms with Crippen LogP contribution in [0.5, 0.6) is 5.75 Å². The van der Waals surface area contributed by atoms with Crippen molar-refractivity contribution in [2.75, 3.05) is 36.0 Å². The zero-order valence-corrected chi connectivity index (χ0v) is 31.3. The zero-order valence-electron chi connectivity index (χ0n) is 30.5. The minimum Gasteiger partial charge on any atom is -0.444 e. The van der Waals surface area contributed by atoms with E-state index in [4.69, 9.17) is 15.3 Å². The average molecular weight is 701 g/mol. The molecule has 50 heavy (non-hydrogen) atoms. The van der Waals surface area contributed by atoms with Crippen molar-refractivity contribution in [3.63, 3.8) is 0 Å². The molecule has 3 aromatic rings. The molecule has 0 saturated heterocycles. The van der Waals surface area contributed by atoms with Crippen LogP contribution in [-0.2, 0) is 16.1 Å². The molecule has 1 amide bonds. The van der Waals surface area contributed by atoms with Gasteiger partial charge >= 0.3 is 12.1 Å². The Morgan fingerprint density at radius 3 is 1.90 bits per heavy atom. The van der Waals surface area contributed by atoms with E-state index in [9.17, 15) is 9.59 Å². The number of amides is 1. The first kappa shape index (κ1) is 38.8. The lowest BCUT2D eigenvalue weighted by atomic mass is 10.1. The van der Waals surface area contributed by atoms with Crippen LogP contribution in [0.15, 0.2) is 82.6 Å². The molecule has 4 rings (SSSR count).